The lowest BCUT2D eigenvalue weighted by Gasteiger charge is -2.22. The van der Waals surface area contributed by atoms with Crippen LogP contribution >= 0.6 is 11.6 Å². The number of nitrogens with two attached hydrogens (primary N) is 1. The van der Waals surface area contributed by atoms with Crippen LogP contribution in [-0.2, 0) is 25.7 Å². The van der Waals surface area contributed by atoms with E-state index < -0.39 is 24.3 Å². The maximum absolute atomic E-state index is 11.8. The van der Waals surface area contributed by atoms with Crippen molar-refractivity contribution >= 4 is 35.4 Å². The number of aromatic nitrogens is 1. The first-order chi connectivity index (χ1) is 18.6. The third kappa shape index (κ3) is 12.8. The summed E-state index contributed by atoms with van der Waals surface area (Å²) in [5.74, 6) is 0.207. The molecule has 2 rings (SSSR count). The van der Waals surface area contributed by atoms with Gasteiger partial charge < -0.3 is 29.6 Å². The topological polar surface area (TPSA) is 140 Å². The molecule has 0 aliphatic rings. The van der Waals surface area contributed by atoms with Crippen molar-refractivity contribution in [2.24, 2.45) is 10.7 Å². The van der Waals surface area contributed by atoms with Crippen LogP contribution in [0.4, 0.5) is 10.5 Å². The summed E-state index contributed by atoms with van der Waals surface area (Å²) in [7, 11) is 0. The van der Waals surface area contributed by atoms with Gasteiger partial charge in [-0.3, -0.25) is 0 Å². The highest BCUT2D eigenvalue weighted by molar-refractivity contribution is 6.30. The maximum Gasteiger partial charge on any atom is 0.513 e. The zero-order valence-electron chi connectivity index (χ0n) is 22.5. The van der Waals surface area contributed by atoms with E-state index in [0.717, 1.165) is 37.1 Å². The number of nitriles is 1. The molecule has 39 heavy (non-hydrogen) atoms. The van der Waals surface area contributed by atoms with Crippen molar-refractivity contribution in [3.63, 3.8) is 0 Å². The molecule has 0 aliphatic carbocycles. The first kappa shape index (κ1) is 31.2. The quantitative estimate of drug-likeness (QED) is 0.0946. The fraction of sp³-hybridized carbons (Fsp3) is 0.444. The fourth-order valence-electron chi connectivity index (χ4n) is 3.31. The second-order valence-electron chi connectivity index (χ2n) is 9.41. The Morgan fingerprint density at radius 2 is 1.72 bits per heavy atom. The van der Waals surface area contributed by atoms with E-state index in [0.29, 0.717) is 18.2 Å². The highest BCUT2D eigenvalue weighted by Crippen LogP contribution is 2.17. The number of carbonyl (C=O) groups is 2. The largest absolute Gasteiger partial charge is 0.513 e. The number of guanidine groups is 1. The minimum absolute atomic E-state index is 0.0864. The third-order valence-electron chi connectivity index (χ3n) is 5.04. The number of unbranched alkanes of at least 4 members (excludes halogenated alkanes) is 3. The minimum Gasteiger partial charge on any atom is -0.494 e. The molecule has 0 unspecified atom stereocenters. The second-order valence-corrected chi connectivity index (χ2v) is 9.84. The monoisotopic (exact) mass is 560 g/mol. The number of esters is 1. The van der Waals surface area contributed by atoms with Crippen LogP contribution in [0.1, 0.15) is 46.5 Å². The van der Waals surface area contributed by atoms with Crippen LogP contribution in [0.5, 0.6) is 5.75 Å². The molecular formula is C27H35ClN5O6+. The molecule has 0 saturated carbocycles. The van der Waals surface area contributed by atoms with Crippen LogP contribution in [0.3, 0.4) is 0 Å². The van der Waals surface area contributed by atoms with Crippen LogP contribution < -0.4 is 19.9 Å². The summed E-state index contributed by atoms with van der Waals surface area (Å²) in [6.45, 7) is 5.64. The van der Waals surface area contributed by atoms with E-state index >= 15 is 0 Å². The van der Waals surface area contributed by atoms with E-state index in [9.17, 15) is 9.59 Å². The van der Waals surface area contributed by atoms with Gasteiger partial charge >= 0.3 is 12.1 Å². The average molecular weight is 561 g/mol. The number of carbonyl (C=O) groups excluding carboxylic acids is 2. The number of aliphatic imine (C=N–C) groups is 1. The molecule has 0 atom stereocenters. The molecule has 2 aromatic rings. The number of hydrogen-bond acceptors (Lipinski definition) is 8. The number of benzene rings is 1. The van der Waals surface area contributed by atoms with Gasteiger partial charge in [-0.2, -0.15) is 9.83 Å². The maximum atomic E-state index is 11.8. The summed E-state index contributed by atoms with van der Waals surface area (Å²) in [5, 5.41) is 9.62. The Bertz CT molecular complexity index is 1130. The van der Waals surface area contributed by atoms with Crippen molar-refractivity contribution in [1.29, 1.82) is 5.26 Å². The summed E-state index contributed by atoms with van der Waals surface area (Å²) in [4.78, 5) is 28.8. The lowest BCUT2D eigenvalue weighted by atomic mass is 10.2. The van der Waals surface area contributed by atoms with E-state index in [1.165, 1.54) is 0 Å². The number of hydrogen-bond donors (Lipinski definition) is 1. The molecular weight excluding hydrogens is 526 g/mol. The number of halogens is 1. The highest BCUT2D eigenvalue weighted by atomic mass is 35.5. The Kier molecular flexibility index (Phi) is 12.8. The van der Waals surface area contributed by atoms with Gasteiger partial charge in [0, 0.05) is 23.7 Å². The van der Waals surface area contributed by atoms with Crippen molar-refractivity contribution in [2.75, 3.05) is 24.7 Å². The van der Waals surface area contributed by atoms with Gasteiger partial charge in [0.25, 0.3) is 6.73 Å². The zero-order valence-corrected chi connectivity index (χ0v) is 23.2. The number of anilines is 1. The molecule has 1 heterocycles. The summed E-state index contributed by atoms with van der Waals surface area (Å²) >= 11 is 5.88. The van der Waals surface area contributed by atoms with Crippen LogP contribution in [0.25, 0.3) is 0 Å². The molecule has 0 radical (unpaired) electrons. The first-order valence-corrected chi connectivity index (χ1v) is 12.8. The number of pyridine rings is 1. The molecule has 0 fully saturated rings. The Balaban J connectivity index is 1.77. The molecule has 0 amide bonds. The number of nitrogens with zero attached hydrogens (tertiary/aromatic N) is 4. The van der Waals surface area contributed by atoms with Crippen molar-refractivity contribution in [1.82, 2.24) is 0 Å². The number of ether oxygens (including phenoxy) is 4. The Labute approximate surface area is 233 Å². The molecule has 11 nitrogen and oxygen atoms in total. The van der Waals surface area contributed by atoms with Gasteiger partial charge in [-0.1, -0.05) is 24.4 Å². The fourth-order valence-corrected chi connectivity index (χ4v) is 3.43. The Morgan fingerprint density at radius 1 is 1.05 bits per heavy atom. The predicted molar refractivity (Wildman–Crippen MR) is 145 cm³/mol. The molecule has 1 aromatic heterocycles. The molecule has 210 valence electrons. The van der Waals surface area contributed by atoms with Gasteiger partial charge in [-0.25, -0.2) is 9.59 Å². The molecule has 2 N–H and O–H groups in total. The van der Waals surface area contributed by atoms with Crippen LogP contribution in [0.2, 0.25) is 5.02 Å². The molecule has 1 aromatic carbocycles. The van der Waals surface area contributed by atoms with Gasteiger partial charge in [-0.15, -0.1) is 4.99 Å². The van der Waals surface area contributed by atoms with E-state index in [2.05, 4.69) is 4.99 Å². The zero-order chi connectivity index (χ0) is 28.7. The summed E-state index contributed by atoms with van der Waals surface area (Å²) < 4.78 is 22.1. The first-order valence-electron chi connectivity index (χ1n) is 12.5. The van der Waals surface area contributed by atoms with Crippen molar-refractivity contribution in [3.05, 3.63) is 53.8 Å². The average Bonchev–Trinajstić information content (AvgIpc) is 2.88. The van der Waals surface area contributed by atoms with E-state index in [4.69, 9.17) is 41.5 Å². The highest BCUT2D eigenvalue weighted by Gasteiger charge is 2.19. The smallest absolute Gasteiger partial charge is 0.494 e. The van der Waals surface area contributed by atoms with Gasteiger partial charge in [-0.05, 0) is 57.9 Å². The Morgan fingerprint density at radius 3 is 2.36 bits per heavy atom. The Hall–Kier alpha value is -4.04. The second kappa shape index (κ2) is 16.0. The minimum atomic E-state index is -0.997. The molecule has 0 bridgehead atoms. The molecule has 0 spiro atoms. The van der Waals surface area contributed by atoms with Crippen LogP contribution in [-0.4, -0.2) is 43.4 Å². The SMILES string of the molecule is CC(C)(C)OC(=O)COC(=O)OC[n+]1ccc(N(CCCCCCOc2ccc(Cl)cc2)C(N)=NC#N)cc1. The predicted octanol–water partition coefficient (Wildman–Crippen LogP) is 4.32. The standard InChI is InChI=1S/C27H35ClN5O6/c1-27(2,3)39-24(34)18-37-26(35)38-20-32-15-12-22(13-16-32)33(25(30)31-19-29)14-6-4-5-7-17-36-23-10-8-21(28)9-11-23/h8-13,15-16H,4-7,14,17-18,20H2,1-3H3,(H2,30,31)/q+1. The van der Waals surface area contributed by atoms with Crippen molar-refractivity contribution in [3.8, 4) is 11.9 Å². The van der Waals surface area contributed by atoms with Crippen molar-refractivity contribution in [2.45, 2.75) is 58.8 Å². The summed E-state index contributed by atoms with van der Waals surface area (Å²) in [5.41, 5.74) is 6.07. The molecule has 0 saturated heterocycles. The van der Waals surface area contributed by atoms with Gasteiger partial charge in [0.15, 0.2) is 19.0 Å². The lowest BCUT2D eigenvalue weighted by molar-refractivity contribution is -0.727. The third-order valence-corrected chi connectivity index (χ3v) is 5.30. The van der Waals surface area contributed by atoms with Crippen LogP contribution in [0.15, 0.2) is 53.8 Å². The summed E-state index contributed by atoms with van der Waals surface area (Å²) in [6.07, 6.45) is 7.70. The van der Waals surface area contributed by atoms with E-state index in [1.807, 2.05) is 12.1 Å². The van der Waals surface area contributed by atoms with Crippen molar-refractivity contribution < 1.29 is 33.1 Å². The normalized spacial score (nSPS) is 11.3. The summed E-state index contributed by atoms with van der Waals surface area (Å²) in [6, 6.07) is 10.8. The van der Waals surface area contributed by atoms with Gasteiger partial charge in [0.05, 0.1) is 12.3 Å². The van der Waals surface area contributed by atoms with E-state index in [1.54, 1.807) is 73.1 Å². The molecule has 12 heteroatoms. The molecule has 0 aliphatic heterocycles. The van der Waals surface area contributed by atoms with Crippen LogP contribution in [0, 0.1) is 11.5 Å². The van der Waals surface area contributed by atoms with Gasteiger partial charge in [0.1, 0.15) is 11.4 Å². The van der Waals surface area contributed by atoms with E-state index in [-0.39, 0.29) is 12.7 Å². The van der Waals surface area contributed by atoms with Gasteiger partial charge in [0.2, 0.25) is 12.2 Å². The number of rotatable bonds is 13. The lowest BCUT2D eigenvalue weighted by Crippen LogP contribution is -2.40.